The number of halogens is 1. The van der Waals surface area contributed by atoms with Crippen molar-refractivity contribution < 1.29 is 14.2 Å². The minimum absolute atomic E-state index is 0.0294. The summed E-state index contributed by atoms with van der Waals surface area (Å²) in [7, 11) is 1.48. The molecule has 0 radical (unpaired) electrons. The van der Waals surface area contributed by atoms with Crippen molar-refractivity contribution in [3.8, 4) is 5.75 Å². The molecule has 0 bridgehead atoms. The summed E-state index contributed by atoms with van der Waals surface area (Å²) in [4.78, 5) is 0. The van der Waals surface area contributed by atoms with Crippen LogP contribution in [-0.4, -0.2) is 12.2 Å². The Morgan fingerprint density at radius 2 is 2.12 bits per heavy atom. The summed E-state index contributed by atoms with van der Waals surface area (Å²) in [5, 5.41) is 10.6. The SMILES string of the molecule is CCCC(C)C(C)(O)c1c(F)cccc1OC. The summed E-state index contributed by atoms with van der Waals surface area (Å²) >= 11 is 0. The first-order chi connectivity index (χ1) is 7.95. The second kappa shape index (κ2) is 5.50. The highest BCUT2D eigenvalue weighted by molar-refractivity contribution is 5.39. The minimum Gasteiger partial charge on any atom is -0.496 e. The van der Waals surface area contributed by atoms with Gasteiger partial charge >= 0.3 is 0 Å². The van der Waals surface area contributed by atoms with Gasteiger partial charge in [0.05, 0.1) is 18.3 Å². The Morgan fingerprint density at radius 1 is 1.47 bits per heavy atom. The zero-order chi connectivity index (χ0) is 13.1. The number of hydrogen-bond acceptors (Lipinski definition) is 2. The van der Waals surface area contributed by atoms with Gasteiger partial charge in [0.25, 0.3) is 0 Å². The molecule has 0 fully saturated rings. The van der Waals surface area contributed by atoms with Gasteiger partial charge in [-0.3, -0.25) is 0 Å². The van der Waals surface area contributed by atoms with E-state index < -0.39 is 11.4 Å². The molecule has 1 aromatic rings. The topological polar surface area (TPSA) is 29.5 Å². The molecule has 17 heavy (non-hydrogen) atoms. The van der Waals surface area contributed by atoms with E-state index in [4.69, 9.17) is 4.74 Å². The number of benzene rings is 1. The van der Waals surface area contributed by atoms with Crippen LogP contribution < -0.4 is 4.74 Å². The lowest BCUT2D eigenvalue weighted by Gasteiger charge is -2.32. The molecule has 96 valence electrons. The Kier molecular flexibility index (Phi) is 4.52. The summed E-state index contributed by atoms with van der Waals surface area (Å²) in [6.45, 7) is 5.62. The van der Waals surface area contributed by atoms with E-state index in [1.807, 2.05) is 13.8 Å². The van der Waals surface area contributed by atoms with E-state index in [0.717, 1.165) is 12.8 Å². The Labute approximate surface area is 102 Å². The fourth-order valence-corrected chi connectivity index (χ4v) is 2.13. The largest absolute Gasteiger partial charge is 0.496 e. The lowest BCUT2D eigenvalue weighted by atomic mass is 9.81. The lowest BCUT2D eigenvalue weighted by molar-refractivity contribution is -0.00735. The fourth-order valence-electron chi connectivity index (χ4n) is 2.13. The third-order valence-corrected chi connectivity index (χ3v) is 3.38. The summed E-state index contributed by atoms with van der Waals surface area (Å²) in [6, 6.07) is 4.61. The summed E-state index contributed by atoms with van der Waals surface area (Å²) in [5.41, 5.74) is -0.962. The van der Waals surface area contributed by atoms with Crippen molar-refractivity contribution in [1.29, 1.82) is 0 Å². The molecule has 0 saturated heterocycles. The van der Waals surface area contributed by atoms with Crippen LogP contribution >= 0.6 is 0 Å². The normalized spacial score (nSPS) is 16.4. The molecule has 0 spiro atoms. The highest BCUT2D eigenvalue weighted by Crippen LogP contribution is 2.38. The van der Waals surface area contributed by atoms with Gasteiger partial charge in [-0.05, 0) is 31.4 Å². The van der Waals surface area contributed by atoms with Gasteiger partial charge in [-0.1, -0.05) is 26.3 Å². The van der Waals surface area contributed by atoms with Gasteiger partial charge in [-0.15, -0.1) is 0 Å². The Morgan fingerprint density at radius 3 is 2.65 bits per heavy atom. The van der Waals surface area contributed by atoms with Gasteiger partial charge in [0.15, 0.2) is 0 Å². The molecular formula is C14H21FO2. The van der Waals surface area contributed by atoms with Crippen LogP contribution in [-0.2, 0) is 5.60 Å². The molecule has 0 aliphatic rings. The number of methoxy groups -OCH3 is 1. The molecule has 2 unspecified atom stereocenters. The zero-order valence-corrected chi connectivity index (χ0v) is 11.0. The molecule has 3 heteroatoms. The Balaban J connectivity index is 3.21. The highest BCUT2D eigenvalue weighted by atomic mass is 19.1. The third-order valence-electron chi connectivity index (χ3n) is 3.38. The van der Waals surface area contributed by atoms with Crippen LogP contribution in [0.2, 0.25) is 0 Å². The molecule has 0 aromatic heterocycles. The predicted molar refractivity (Wildman–Crippen MR) is 66.6 cm³/mol. The number of ether oxygens (including phenoxy) is 1. The van der Waals surface area contributed by atoms with Crippen LogP contribution in [0.4, 0.5) is 4.39 Å². The second-order valence-electron chi connectivity index (χ2n) is 4.65. The first kappa shape index (κ1) is 14.0. The van der Waals surface area contributed by atoms with Gasteiger partial charge in [0, 0.05) is 0 Å². The molecule has 1 N–H and O–H groups in total. The van der Waals surface area contributed by atoms with Crippen molar-refractivity contribution in [2.45, 2.75) is 39.2 Å². The standard InChI is InChI=1S/C14H21FO2/c1-5-7-10(2)14(3,16)13-11(15)8-6-9-12(13)17-4/h6,8-10,16H,5,7H2,1-4H3. The lowest BCUT2D eigenvalue weighted by Crippen LogP contribution is -2.31. The fraction of sp³-hybridized carbons (Fsp3) is 0.571. The monoisotopic (exact) mass is 240 g/mol. The van der Waals surface area contributed by atoms with Gasteiger partial charge in [-0.2, -0.15) is 0 Å². The van der Waals surface area contributed by atoms with Gasteiger partial charge in [-0.25, -0.2) is 4.39 Å². The zero-order valence-electron chi connectivity index (χ0n) is 11.0. The molecule has 0 amide bonds. The van der Waals surface area contributed by atoms with Crippen LogP contribution in [0.25, 0.3) is 0 Å². The highest BCUT2D eigenvalue weighted by Gasteiger charge is 2.35. The first-order valence-corrected chi connectivity index (χ1v) is 6.00. The van der Waals surface area contributed by atoms with Gasteiger partial charge in [0.2, 0.25) is 0 Å². The number of hydrogen-bond donors (Lipinski definition) is 1. The van der Waals surface area contributed by atoms with E-state index in [9.17, 15) is 9.50 Å². The average molecular weight is 240 g/mol. The maximum Gasteiger partial charge on any atom is 0.133 e. The molecule has 0 saturated carbocycles. The van der Waals surface area contributed by atoms with Crippen LogP contribution in [0.3, 0.4) is 0 Å². The van der Waals surface area contributed by atoms with Crippen molar-refractivity contribution in [1.82, 2.24) is 0 Å². The van der Waals surface area contributed by atoms with E-state index >= 15 is 0 Å². The van der Waals surface area contributed by atoms with Crippen molar-refractivity contribution in [3.05, 3.63) is 29.6 Å². The van der Waals surface area contributed by atoms with Crippen LogP contribution in [0.1, 0.15) is 39.2 Å². The van der Waals surface area contributed by atoms with Crippen molar-refractivity contribution in [2.75, 3.05) is 7.11 Å². The van der Waals surface area contributed by atoms with E-state index in [2.05, 4.69) is 0 Å². The predicted octanol–water partition coefficient (Wildman–Crippen LogP) is 3.48. The molecular weight excluding hydrogens is 219 g/mol. The molecule has 0 aliphatic heterocycles. The average Bonchev–Trinajstić information content (AvgIpc) is 2.28. The van der Waals surface area contributed by atoms with Crippen LogP contribution in [0, 0.1) is 11.7 Å². The molecule has 1 rings (SSSR count). The third kappa shape index (κ3) is 2.78. The molecule has 0 aliphatic carbocycles. The smallest absolute Gasteiger partial charge is 0.133 e. The minimum atomic E-state index is -1.22. The molecule has 1 aromatic carbocycles. The van der Waals surface area contributed by atoms with E-state index in [1.165, 1.54) is 13.2 Å². The van der Waals surface area contributed by atoms with E-state index in [0.29, 0.717) is 5.75 Å². The van der Waals surface area contributed by atoms with Crippen LogP contribution in [0.5, 0.6) is 5.75 Å². The maximum absolute atomic E-state index is 13.9. The van der Waals surface area contributed by atoms with Crippen molar-refractivity contribution in [2.24, 2.45) is 5.92 Å². The first-order valence-electron chi connectivity index (χ1n) is 6.00. The number of aliphatic hydroxyl groups is 1. The maximum atomic E-state index is 13.9. The summed E-state index contributed by atoms with van der Waals surface area (Å²) in [5.74, 6) is -0.0476. The number of rotatable bonds is 5. The molecule has 2 nitrogen and oxygen atoms in total. The van der Waals surface area contributed by atoms with Gasteiger partial charge < -0.3 is 9.84 Å². The second-order valence-corrected chi connectivity index (χ2v) is 4.65. The quantitative estimate of drug-likeness (QED) is 0.853. The summed E-state index contributed by atoms with van der Waals surface area (Å²) < 4.78 is 19.0. The molecule has 2 atom stereocenters. The Bertz CT molecular complexity index is 374. The Hall–Kier alpha value is -1.09. The summed E-state index contributed by atoms with van der Waals surface area (Å²) in [6.07, 6.45) is 1.79. The van der Waals surface area contributed by atoms with Crippen molar-refractivity contribution >= 4 is 0 Å². The van der Waals surface area contributed by atoms with E-state index in [1.54, 1.807) is 19.1 Å². The van der Waals surface area contributed by atoms with Crippen molar-refractivity contribution in [3.63, 3.8) is 0 Å². The van der Waals surface area contributed by atoms with Crippen LogP contribution in [0.15, 0.2) is 18.2 Å². The van der Waals surface area contributed by atoms with E-state index in [-0.39, 0.29) is 11.5 Å². The van der Waals surface area contributed by atoms with Gasteiger partial charge in [0.1, 0.15) is 11.6 Å². The molecule has 0 heterocycles.